The molecule has 2 N–H and O–H groups in total. The van der Waals surface area contributed by atoms with Crippen molar-refractivity contribution in [3.8, 4) is 28.6 Å². The van der Waals surface area contributed by atoms with Crippen LogP contribution in [0.15, 0.2) is 60.7 Å². The first kappa shape index (κ1) is 23.6. The average molecular weight is 501 g/mol. The van der Waals surface area contributed by atoms with E-state index in [0.29, 0.717) is 45.0 Å². The van der Waals surface area contributed by atoms with Gasteiger partial charge in [-0.05, 0) is 42.0 Å². The van der Waals surface area contributed by atoms with E-state index in [-0.39, 0.29) is 12.4 Å². The van der Waals surface area contributed by atoms with Crippen molar-refractivity contribution >= 4 is 23.8 Å². The quantitative estimate of drug-likeness (QED) is 0.285. The lowest BCUT2D eigenvalue weighted by atomic mass is 10.2. The van der Waals surface area contributed by atoms with Crippen LogP contribution in [0.3, 0.4) is 0 Å². The van der Waals surface area contributed by atoms with Crippen LogP contribution in [-0.4, -0.2) is 29.1 Å². The summed E-state index contributed by atoms with van der Waals surface area (Å²) in [6, 6.07) is 17.3. The molecular formula is C24H22ClFN4O3S. The lowest BCUT2D eigenvalue weighted by Crippen LogP contribution is -2.16. The number of nitrogens with zero attached hydrogens (tertiary/aromatic N) is 2. The fourth-order valence-electron chi connectivity index (χ4n) is 3.37. The molecule has 0 amide bonds. The molecule has 0 fully saturated rings. The number of aromatic amines is 1. The lowest BCUT2D eigenvalue weighted by Gasteiger charge is -2.16. The summed E-state index contributed by atoms with van der Waals surface area (Å²) in [7, 11) is 3.13. The number of ether oxygens (including phenoxy) is 3. The van der Waals surface area contributed by atoms with Crippen LogP contribution in [0.1, 0.15) is 11.1 Å². The molecule has 0 saturated carbocycles. The minimum atomic E-state index is -0.337. The summed E-state index contributed by atoms with van der Waals surface area (Å²) in [6.45, 7) is 0.363. The normalized spacial score (nSPS) is 10.7. The van der Waals surface area contributed by atoms with Crippen molar-refractivity contribution in [2.75, 3.05) is 19.6 Å². The third-order valence-corrected chi connectivity index (χ3v) is 5.75. The maximum absolute atomic E-state index is 13.9. The van der Waals surface area contributed by atoms with Crippen molar-refractivity contribution in [2.45, 2.75) is 13.2 Å². The van der Waals surface area contributed by atoms with Crippen molar-refractivity contribution in [1.29, 1.82) is 0 Å². The second-order valence-corrected chi connectivity index (χ2v) is 7.99. The van der Waals surface area contributed by atoms with E-state index in [1.54, 1.807) is 42.1 Å². The number of hydrogen-bond acceptors (Lipinski definition) is 6. The smallest absolute Gasteiger partial charge is 0.214 e. The number of aromatic nitrogens is 3. The zero-order valence-electron chi connectivity index (χ0n) is 18.5. The zero-order chi connectivity index (χ0) is 24.1. The molecule has 0 unspecified atom stereocenters. The first-order valence-electron chi connectivity index (χ1n) is 10.3. The predicted octanol–water partition coefficient (Wildman–Crippen LogP) is 5.74. The Bertz CT molecular complexity index is 1360. The van der Waals surface area contributed by atoms with E-state index < -0.39 is 0 Å². The van der Waals surface area contributed by atoms with E-state index in [2.05, 4.69) is 15.6 Å². The van der Waals surface area contributed by atoms with Gasteiger partial charge in [-0.2, -0.15) is 5.10 Å². The number of para-hydroxylation sites is 1. The van der Waals surface area contributed by atoms with Crippen LogP contribution in [0.25, 0.3) is 11.4 Å². The summed E-state index contributed by atoms with van der Waals surface area (Å²) in [5, 5.41) is 7.58. The van der Waals surface area contributed by atoms with Crippen LogP contribution >= 0.6 is 23.8 Å². The first-order valence-corrected chi connectivity index (χ1v) is 11.1. The van der Waals surface area contributed by atoms with Gasteiger partial charge in [-0.25, -0.2) is 14.2 Å². The Morgan fingerprint density at radius 3 is 2.50 bits per heavy atom. The Morgan fingerprint density at radius 2 is 1.74 bits per heavy atom. The second kappa shape index (κ2) is 10.6. The third kappa shape index (κ3) is 5.00. The van der Waals surface area contributed by atoms with Gasteiger partial charge in [0.2, 0.25) is 4.77 Å². The van der Waals surface area contributed by atoms with Gasteiger partial charge in [0.15, 0.2) is 17.3 Å². The molecule has 0 radical (unpaired) electrons. The molecule has 0 aliphatic carbocycles. The molecule has 1 heterocycles. The lowest BCUT2D eigenvalue weighted by molar-refractivity contribution is 0.279. The molecule has 0 atom stereocenters. The van der Waals surface area contributed by atoms with Gasteiger partial charge in [0, 0.05) is 16.7 Å². The fraction of sp³-hybridized carbons (Fsp3) is 0.167. The van der Waals surface area contributed by atoms with Gasteiger partial charge in [0.25, 0.3) is 0 Å². The van der Waals surface area contributed by atoms with E-state index in [1.807, 2.05) is 24.3 Å². The Morgan fingerprint density at radius 1 is 1.00 bits per heavy atom. The monoisotopic (exact) mass is 500 g/mol. The second-order valence-electron chi connectivity index (χ2n) is 7.20. The molecule has 3 aromatic carbocycles. The van der Waals surface area contributed by atoms with Crippen LogP contribution in [0.5, 0.6) is 17.2 Å². The highest BCUT2D eigenvalue weighted by Crippen LogP contribution is 2.34. The Hall–Kier alpha value is -3.56. The summed E-state index contributed by atoms with van der Waals surface area (Å²) in [5.41, 5.74) is 5.18. The predicted molar refractivity (Wildman–Crippen MR) is 131 cm³/mol. The van der Waals surface area contributed by atoms with E-state index in [1.165, 1.54) is 13.2 Å². The minimum absolute atomic E-state index is 0.0450. The molecule has 0 spiro atoms. The Balaban J connectivity index is 1.55. The topological polar surface area (TPSA) is 73.3 Å². The van der Waals surface area contributed by atoms with Crippen molar-refractivity contribution in [3.05, 3.63) is 87.4 Å². The number of nitrogens with one attached hydrogen (secondary N) is 2. The molecular weight excluding hydrogens is 479 g/mol. The number of rotatable bonds is 9. The number of hydrogen-bond donors (Lipinski definition) is 2. The molecule has 176 valence electrons. The van der Waals surface area contributed by atoms with Gasteiger partial charge in [0.05, 0.1) is 26.3 Å². The van der Waals surface area contributed by atoms with Crippen LogP contribution in [0.4, 0.5) is 4.39 Å². The summed E-state index contributed by atoms with van der Waals surface area (Å²) in [6.07, 6.45) is 0. The van der Waals surface area contributed by atoms with E-state index in [0.717, 1.165) is 11.1 Å². The minimum Gasteiger partial charge on any atom is -0.496 e. The summed E-state index contributed by atoms with van der Waals surface area (Å²) < 4.78 is 32.7. The molecule has 0 aliphatic rings. The maximum Gasteiger partial charge on any atom is 0.214 e. The number of H-pyrrole nitrogens is 1. The van der Waals surface area contributed by atoms with E-state index in [9.17, 15) is 4.39 Å². The Kier molecular flexibility index (Phi) is 7.34. The number of benzene rings is 3. The molecule has 34 heavy (non-hydrogen) atoms. The summed E-state index contributed by atoms with van der Waals surface area (Å²) in [4.78, 5) is 0. The highest BCUT2D eigenvalue weighted by molar-refractivity contribution is 7.71. The molecule has 0 bridgehead atoms. The van der Waals surface area contributed by atoms with Gasteiger partial charge in [-0.1, -0.05) is 41.9 Å². The van der Waals surface area contributed by atoms with Gasteiger partial charge >= 0.3 is 0 Å². The molecule has 4 rings (SSSR count). The van der Waals surface area contributed by atoms with Crippen molar-refractivity contribution in [2.24, 2.45) is 0 Å². The SMILES string of the molecule is COc1cc(CNn2c(-c3ccccc3OC)n[nH]c2=S)c(Cl)cc1OCc1ccccc1F. The Labute approximate surface area is 206 Å². The fourth-order valence-corrected chi connectivity index (χ4v) is 3.79. The highest BCUT2D eigenvalue weighted by Gasteiger charge is 2.15. The molecule has 10 heteroatoms. The van der Waals surface area contributed by atoms with Gasteiger partial charge in [-0.3, -0.25) is 0 Å². The molecule has 7 nitrogen and oxygen atoms in total. The van der Waals surface area contributed by atoms with Crippen molar-refractivity contribution in [1.82, 2.24) is 14.9 Å². The van der Waals surface area contributed by atoms with Crippen molar-refractivity contribution < 1.29 is 18.6 Å². The third-order valence-electron chi connectivity index (χ3n) is 5.12. The average Bonchev–Trinajstić information content (AvgIpc) is 3.22. The molecule has 0 aliphatic heterocycles. The largest absolute Gasteiger partial charge is 0.496 e. The van der Waals surface area contributed by atoms with Crippen LogP contribution in [0.2, 0.25) is 5.02 Å². The summed E-state index contributed by atoms with van der Waals surface area (Å²) in [5.74, 6) is 1.77. The van der Waals surface area contributed by atoms with Gasteiger partial charge in [-0.15, -0.1) is 0 Å². The van der Waals surface area contributed by atoms with Crippen LogP contribution in [-0.2, 0) is 13.2 Å². The van der Waals surface area contributed by atoms with Crippen LogP contribution < -0.4 is 19.6 Å². The molecule has 0 saturated heterocycles. The molecule has 4 aromatic rings. The molecule has 1 aromatic heterocycles. The number of methoxy groups -OCH3 is 2. The number of halogens is 2. The zero-order valence-corrected chi connectivity index (χ0v) is 20.0. The highest BCUT2D eigenvalue weighted by atomic mass is 35.5. The van der Waals surface area contributed by atoms with Crippen molar-refractivity contribution in [3.63, 3.8) is 0 Å². The standard InChI is InChI=1S/C24H22ClFN4O3S/c1-31-20-10-6-4-8-17(20)23-28-29-24(34)30(23)27-13-16-11-21(32-2)22(12-18(16)25)33-14-15-7-3-5-9-19(15)26/h3-12,27H,13-14H2,1-2H3,(H,29,34). The van der Waals surface area contributed by atoms with Gasteiger partial charge < -0.3 is 19.6 Å². The van der Waals surface area contributed by atoms with E-state index in [4.69, 9.17) is 38.0 Å². The maximum atomic E-state index is 13.9. The first-order chi connectivity index (χ1) is 16.5. The van der Waals surface area contributed by atoms with Gasteiger partial charge in [0.1, 0.15) is 18.2 Å². The summed E-state index contributed by atoms with van der Waals surface area (Å²) >= 11 is 11.9. The van der Waals surface area contributed by atoms with Crippen LogP contribution in [0, 0.1) is 10.6 Å². The van der Waals surface area contributed by atoms with E-state index >= 15 is 0 Å².